The largest absolute Gasteiger partial charge is 0.350 e. The lowest BCUT2D eigenvalue weighted by molar-refractivity contribution is 0.0995. The number of carbonyl (C=O) groups is 1. The molecule has 0 amide bonds. The van der Waals surface area contributed by atoms with Gasteiger partial charge in [-0.25, -0.2) is 0 Å². The van der Waals surface area contributed by atoms with Crippen molar-refractivity contribution in [3.05, 3.63) is 34.4 Å². The van der Waals surface area contributed by atoms with Crippen LogP contribution < -0.4 is 5.32 Å². The van der Waals surface area contributed by atoms with Crippen LogP contribution >= 0.6 is 15.9 Å². The van der Waals surface area contributed by atoms with Crippen LogP contribution in [0.4, 0.5) is 0 Å². The van der Waals surface area contributed by atoms with Gasteiger partial charge in [-0.15, -0.1) is 0 Å². The summed E-state index contributed by atoms with van der Waals surface area (Å²) in [5, 5.41) is 3.88. The first kappa shape index (κ1) is 11.4. The number of ketones is 1. The summed E-state index contributed by atoms with van der Waals surface area (Å²) in [6.45, 7) is 0.367. The number of aromatic nitrogens is 1. The molecule has 0 saturated carbocycles. The summed E-state index contributed by atoms with van der Waals surface area (Å²) in [5.41, 5.74) is 1.84. The minimum atomic E-state index is 0.117. The van der Waals surface area contributed by atoms with E-state index in [-0.39, 0.29) is 5.78 Å². The quantitative estimate of drug-likeness (QED) is 0.876. The second-order valence-corrected chi connectivity index (χ2v) is 4.68. The van der Waals surface area contributed by atoms with E-state index in [1.807, 2.05) is 36.0 Å². The van der Waals surface area contributed by atoms with E-state index in [1.165, 1.54) is 0 Å². The fourth-order valence-electron chi connectivity index (χ4n) is 1.84. The zero-order chi connectivity index (χ0) is 11.7. The maximum atomic E-state index is 11.9. The molecular weight excluding hydrogens is 268 g/mol. The van der Waals surface area contributed by atoms with Crippen LogP contribution in [0.1, 0.15) is 10.4 Å². The Labute approximate surface area is 103 Å². The Kier molecular flexibility index (Phi) is 3.12. The van der Waals surface area contributed by atoms with Crippen molar-refractivity contribution >= 4 is 32.6 Å². The minimum Gasteiger partial charge on any atom is -0.350 e. The Bertz CT molecular complexity index is 545. The van der Waals surface area contributed by atoms with Crippen molar-refractivity contribution < 1.29 is 4.79 Å². The first-order valence-corrected chi connectivity index (χ1v) is 5.85. The number of hydrogen-bond acceptors (Lipinski definition) is 2. The predicted molar refractivity (Wildman–Crippen MR) is 68.9 cm³/mol. The Morgan fingerprint density at radius 2 is 2.25 bits per heavy atom. The standard InChI is InChI=1S/C12H13BrN2O/c1-14-6-12(16)10-7-15(2)11-4-3-8(13)5-9(10)11/h3-5,7,14H,6H2,1-2H3. The summed E-state index contributed by atoms with van der Waals surface area (Å²) in [6.07, 6.45) is 1.89. The SMILES string of the molecule is CNCC(=O)c1cn(C)c2ccc(Br)cc12. The average molecular weight is 281 g/mol. The molecule has 0 aliphatic carbocycles. The molecule has 0 radical (unpaired) electrons. The minimum absolute atomic E-state index is 0.117. The van der Waals surface area contributed by atoms with Crippen LogP contribution in [0.5, 0.6) is 0 Å². The highest BCUT2D eigenvalue weighted by molar-refractivity contribution is 9.10. The summed E-state index contributed by atoms with van der Waals surface area (Å²) >= 11 is 3.43. The van der Waals surface area contributed by atoms with E-state index in [0.717, 1.165) is 20.9 Å². The van der Waals surface area contributed by atoms with Crippen LogP contribution in [-0.4, -0.2) is 23.9 Å². The first-order chi connectivity index (χ1) is 7.63. The van der Waals surface area contributed by atoms with Gasteiger partial charge in [-0.3, -0.25) is 4.79 Å². The van der Waals surface area contributed by atoms with Gasteiger partial charge in [0.25, 0.3) is 0 Å². The van der Waals surface area contributed by atoms with E-state index in [0.29, 0.717) is 6.54 Å². The van der Waals surface area contributed by atoms with E-state index < -0.39 is 0 Å². The molecule has 1 aromatic carbocycles. The summed E-state index contributed by atoms with van der Waals surface area (Å²) in [7, 11) is 3.73. The molecule has 4 heteroatoms. The molecule has 0 spiro atoms. The first-order valence-electron chi connectivity index (χ1n) is 5.06. The van der Waals surface area contributed by atoms with E-state index in [1.54, 1.807) is 7.05 Å². The molecule has 2 aromatic rings. The van der Waals surface area contributed by atoms with E-state index in [2.05, 4.69) is 21.2 Å². The summed E-state index contributed by atoms with van der Waals surface area (Å²) in [5.74, 6) is 0.117. The lowest BCUT2D eigenvalue weighted by Gasteiger charge is -1.98. The number of benzene rings is 1. The number of fused-ring (bicyclic) bond motifs is 1. The van der Waals surface area contributed by atoms with Gasteiger partial charge < -0.3 is 9.88 Å². The molecule has 0 atom stereocenters. The van der Waals surface area contributed by atoms with Crippen LogP contribution in [0.2, 0.25) is 0 Å². The van der Waals surface area contributed by atoms with Gasteiger partial charge in [-0.05, 0) is 25.2 Å². The molecule has 3 nitrogen and oxygen atoms in total. The van der Waals surface area contributed by atoms with Crippen molar-refractivity contribution in [3.8, 4) is 0 Å². The molecular formula is C12H13BrN2O. The van der Waals surface area contributed by atoms with Gasteiger partial charge in [-0.2, -0.15) is 0 Å². The lowest BCUT2D eigenvalue weighted by atomic mass is 10.1. The van der Waals surface area contributed by atoms with Crippen LogP contribution in [0.15, 0.2) is 28.9 Å². The second kappa shape index (κ2) is 4.39. The molecule has 0 fully saturated rings. The van der Waals surface area contributed by atoms with Crippen molar-refractivity contribution in [3.63, 3.8) is 0 Å². The maximum Gasteiger partial charge on any atom is 0.178 e. The van der Waals surface area contributed by atoms with Crippen LogP contribution in [-0.2, 0) is 7.05 Å². The fourth-order valence-corrected chi connectivity index (χ4v) is 2.20. The van der Waals surface area contributed by atoms with Crippen LogP contribution in [0, 0.1) is 0 Å². The summed E-state index contributed by atoms with van der Waals surface area (Å²) < 4.78 is 2.97. The van der Waals surface area contributed by atoms with Crippen molar-refractivity contribution in [2.45, 2.75) is 0 Å². The normalized spacial score (nSPS) is 10.9. The van der Waals surface area contributed by atoms with Crippen molar-refractivity contribution in [1.82, 2.24) is 9.88 Å². The van der Waals surface area contributed by atoms with Crippen molar-refractivity contribution in [1.29, 1.82) is 0 Å². The molecule has 2 rings (SSSR count). The molecule has 0 saturated heterocycles. The number of Topliss-reactive ketones (excluding diaryl/α,β-unsaturated/α-hetero) is 1. The van der Waals surface area contributed by atoms with Gasteiger partial charge >= 0.3 is 0 Å². The fraction of sp³-hybridized carbons (Fsp3) is 0.250. The number of carbonyl (C=O) groups excluding carboxylic acids is 1. The highest BCUT2D eigenvalue weighted by Crippen LogP contribution is 2.24. The number of nitrogens with one attached hydrogen (secondary N) is 1. The Morgan fingerprint density at radius 3 is 2.94 bits per heavy atom. The number of halogens is 1. The Balaban J connectivity index is 2.61. The third-order valence-electron chi connectivity index (χ3n) is 2.59. The summed E-state index contributed by atoms with van der Waals surface area (Å²) in [6, 6.07) is 5.97. The van der Waals surface area contributed by atoms with Crippen LogP contribution in [0.25, 0.3) is 10.9 Å². The third kappa shape index (κ3) is 1.90. The monoisotopic (exact) mass is 280 g/mol. The smallest absolute Gasteiger partial charge is 0.178 e. The predicted octanol–water partition coefficient (Wildman–Crippen LogP) is 2.34. The molecule has 1 heterocycles. The number of rotatable bonds is 3. The zero-order valence-electron chi connectivity index (χ0n) is 9.25. The second-order valence-electron chi connectivity index (χ2n) is 3.77. The van der Waals surface area contributed by atoms with Gasteiger partial charge in [0.1, 0.15) is 0 Å². The Hall–Kier alpha value is -1.13. The van der Waals surface area contributed by atoms with Gasteiger partial charge in [0.05, 0.1) is 6.54 Å². The highest BCUT2D eigenvalue weighted by atomic mass is 79.9. The van der Waals surface area contributed by atoms with E-state index >= 15 is 0 Å². The molecule has 0 unspecified atom stereocenters. The van der Waals surface area contributed by atoms with Gasteiger partial charge in [0.2, 0.25) is 0 Å². The maximum absolute atomic E-state index is 11.9. The topological polar surface area (TPSA) is 34.0 Å². The molecule has 84 valence electrons. The highest BCUT2D eigenvalue weighted by Gasteiger charge is 2.13. The van der Waals surface area contributed by atoms with Crippen molar-refractivity contribution in [2.75, 3.05) is 13.6 Å². The molecule has 16 heavy (non-hydrogen) atoms. The lowest BCUT2D eigenvalue weighted by Crippen LogP contribution is -2.18. The van der Waals surface area contributed by atoms with Crippen molar-refractivity contribution in [2.24, 2.45) is 7.05 Å². The molecule has 1 N–H and O–H groups in total. The van der Waals surface area contributed by atoms with Crippen LogP contribution in [0.3, 0.4) is 0 Å². The molecule has 0 aliphatic heterocycles. The molecule has 0 bridgehead atoms. The summed E-state index contributed by atoms with van der Waals surface area (Å²) in [4.78, 5) is 11.9. The Morgan fingerprint density at radius 1 is 1.50 bits per heavy atom. The van der Waals surface area contributed by atoms with Gasteiger partial charge in [-0.1, -0.05) is 15.9 Å². The average Bonchev–Trinajstić information content (AvgIpc) is 2.56. The zero-order valence-corrected chi connectivity index (χ0v) is 10.8. The molecule has 1 aromatic heterocycles. The number of aryl methyl sites for hydroxylation is 1. The van der Waals surface area contributed by atoms with E-state index in [4.69, 9.17) is 0 Å². The molecule has 0 aliphatic rings. The van der Waals surface area contributed by atoms with Gasteiger partial charge in [0, 0.05) is 34.2 Å². The third-order valence-corrected chi connectivity index (χ3v) is 3.08. The van der Waals surface area contributed by atoms with E-state index in [9.17, 15) is 4.79 Å². The van der Waals surface area contributed by atoms with Gasteiger partial charge in [0.15, 0.2) is 5.78 Å². The number of nitrogens with zero attached hydrogens (tertiary/aromatic N) is 1. The number of likely N-dealkylation sites (N-methyl/N-ethyl adjacent to an activating group) is 1. The number of hydrogen-bond donors (Lipinski definition) is 1.